The third-order valence-electron chi connectivity index (χ3n) is 2.70. The lowest BCUT2D eigenvalue weighted by Crippen LogP contribution is -1.97. The molecule has 1 aliphatic rings. The number of hydrogen-bond acceptors (Lipinski definition) is 0. The fraction of sp³-hybridized carbons (Fsp3) is 0.538. The molecule has 0 radical (unpaired) electrons. The summed E-state index contributed by atoms with van der Waals surface area (Å²) in [5, 5.41) is 0. The van der Waals surface area contributed by atoms with E-state index in [1.807, 2.05) is 0 Å². The fourth-order valence-corrected chi connectivity index (χ4v) is 1.95. The van der Waals surface area contributed by atoms with E-state index >= 15 is 0 Å². The molecule has 0 atom stereocenters. The molecule has 0 nitrogen and oxygen atoms in total. The molecule has 0 aromatic heterocycles. The minimum atomic E-state index is 0.778. The third-order valence-corrected chi connectivity index (χ3v) is 2.70. The lowest BCUT2D eigenvalue weighted by atomic mass is 9.96. The van der Waals surface area contributed by atoms with Crippen molar-refractivity contribution in [2.45, 2.75) is 39.0 Å². The summed E-state index contributed by atoms with van der Waals surface area (Å²) in [5.41, 5.74) is 3.20. The summed E-state index contributed by atoms with van der Waals surface area (Å²) in [5.74, 6) is 1.68. The topological polar surface area (TPSA) is 0 Å². The van der Waals surface area contributed by atoms with E-state index < -0.39 is 0 Å². The molecule has 0 bridgehead atoms. The highest BCUT2D eigenvalue weighted by Crippen LogP contribution is 2.41. The van der Waals surface area contributed by atoms with Crippen molar-refractivity contribution in [3.63, 3.8) is 0 Å². The molecule has 1 aromatic carbocycles. The van der Waals surface area contributed by atoms with Crippen LogP contribution in [0.3, 0.4) is 0 Å². The monoisotopic (exact) mass is 174 g/mol. The number of hydrogen-bond donors (Lipinski definition) is 0. The van der Waals surface area contributed by atoms with Gasteiger partial charge in [-0.25, -0.2) is 0 Å². The molecule has 1 aliphatic carbocycles. The fourth-order valence-electron chi connectivity index (χ4n) is 1.95. The summed E-state index contributed by atoms with van der Waals surface area (Å²) in [6.07, 6.45) is 4.07. The third kappa shape index (κ3) is 2.12. The standard InChI is InChI=1S/C13H18/c1-10(2)9-12-5-3-4-6-13(12)11-7-8-11/h3-6,10-11H,7-9H2,1-2H3. The first-order valence-electron chi connectivity index (χ1n) is 5.35. The van der Waals surface area contributed by atoms with Gasteiger partial charge in [0.05, 0.1) is 0 Å². The normalized spacial score (nSPS) is 16.5. The van der Waals surface area contributed by atoms with Crippen LogP contribution >= 0.6 is 0 Å². The zero-order valence-electron chi connectivity index (χ0n) is 8.59. The van der Waals surface area contributed by atoms with Crippen molar-refractivity contribution < 1.29 is 0 Å². The van der Waals surface area contributed by atoms with Gasteiger partial charge >= 0.3 is 0 Å². The first kappa shape index (κ1) is 8.80. The SMILES string of the molecule is CC(C)Cc1ccccc1C1CC1. The van der Waals surface area contributed by atoms with Gasteiger partial charge in [-0.05, 0) is 42.2 Å². The predicted molar refractivity (Wildman–Crippen MR) is 57.0 cm³/mol. The van der Waals surface area contributed by atoms with Crippen LogP contribution in [0, 0.1) is 5.92 Å². The van der Waals surface area contributed by atoms with Crippen LogP contribution in [0.15, 0.2) is 24.3 Å². The van der Waals surface area contributed by atoms with Gasteiger partial charge < -0.3 is 0 Å². The maximum absolute atomic E-state index is 2.31. The molecule has 0 N–H and O–H groups in total. The van der Waals surface area contributed by atoms with Gasteiger partial charge in [0.15, 0.2) is 0 Å². The van der Waals surface area contributed by atoms with Crippen LogP contribution in [-0.4, -0.2) is 0 Å². The Morgan fingerprint density at radius 1 is 1.23 bits per heavy atom. The minimum Gasteiger partial charge on any atom is -0.0625 e. The van der Waals surface area contributed by atoms with Crippen LogP contribution in [0.4, 0.5) is 0 Å². The Labute approximate surface area is 81.0 Å². The van der Waals surface area contributed by atoms with E-state index in [-0.39, 0.29) is 0 Å². The van der Waals surface area contributed by atoms with E-state index in [9.17, 15) is 0 Å². The van der Waals surface area contributed by atoms with Gasteiger partial charge in [0.25, 0.3) is 0 Å². The highest BCUT2D eigenvalue weighted by atomic mass is 14.3. The second kappa shape index (κ2) is 3.53. The summed E-state index contributed by atoms with van der Waals surface area (Å²) in [6.45, 7) is 4.59. The number of benzene rings is 1. The van der Waals surface area contributed by atoms with Crippen molar-refractivity contribution in [3.8, 4) is 0 Å². The van der Waals surface area contributed by atoms with E-state index in [4.69, 9.17) is 0 Å². The molecule has 1 aromatic rings. The van der Waals surface area contributed by atoms with Crippen molar-refractivity contribution in [2.75, 3.05) is 0 Å². The average Bonchev–Trinajstić information content (AvgIpc) is 2.87. The summed E-state index contributed by atoms with van der Waals surface area (Å²) in [4.78, 5) is 0. The maximum atomic E-state index is 2.31. The minimum absolute atomic E-state index is 0.778. The first-order chi connectivity index (χ1) is 6.27. The summed E-state index contributed by atoms with van der Waals surface area (Å²) < 4.78 is 0. The van der Waals surface area contributed by atoms with Crippen LogP contribution in [0.5, 0.6) is 0 Å². The van der Waals surface area contributed by atoms with Gasteiger partial charge in [-0.1, -0.05) is 38.1 Å². The van der Waals surface area contributed by atoms with Crippen LogP contribution < -0.4 is 0 Å². The lowest BCUT2D eigenvalue weighted by Gasteiger charge is -2.10. The van der Waals surface area contributed by atoms with Crippen molar-refractivity contribution in [2.24, 2.45) is 5.92 Å². The second-order valence-electron chi connectivity index (χ2n) is 4.57. The van der Waals surface area contributed by atoms with Crippen molar-refractivity contribution in [3.05, 3.63) is 35.4 Å². The molecule has 13 heavy (non-hydrogen) atoms. The average molecular weight is 174 g/mol. The van der Waals surface area contributed by atoms with E-state index in [1.54, 1.807) is 11.1 Å². The molecule has 0 amide bonds. The molecule has 0 unspecified atom stereocenters. The molecule has 2 rings (SSSR count). The van der Waals surface area contributed by atoms with Crippen LogP contribution in [0.25, 0.3) is 0 Å². The molecule has 70 valence electrons. The highest BCUT2D eigenvalue weighted by Gasteiger charge is 2.25. The molecule has 0 saturated heterocycles. The first-order valence-corrected chi connectivity index (χ1v) is 5.35. The van der Waals surface area contributed by atoms with Crippen LogP contribution in [0.2, 0.25) is 0 Å². The van der Waals surface area contributed by atoms with Crippen LogP contribution in [0.1, 0.15) is 43.7 Å². The summed E-state index contributed by atoms with van der Waals surface area (Å²) >= 11 is 0. The molecule has 0 heterocycles. The summed E-state index contributed by atoms with van der Waals surface area (Å²) in [6, 6.07) is 8.96. The summed E-state index contributed by atoms with van der Waals surface area (Å²) in [7, 11) is 0. The van der Waals surface area contributed by atoms with Gasteiger partial charge in [0.2, 0.25) is 0 Å². The molecule has 0 heteroatoms. The molecular weight excluding hydrogens is 156 g/mol. The lowest BCUT2D eigenvalue weighted by molar-refractivity contribution is 0.643. The van der Waals surface area contributed by atoms with E-state index in [1.165, 1.54) is 19.3 Å². The zero-order valence-corrected chi connectivity index (χ0v) is 8.59. The molecule has 0 aliphatic heterocycles. The molecular formula is C13H18. The van der Waals surface area contributed by atoms with Gasteiger partial charge in [-0.15, -0.1) is 0 Å². The molecule has 1 fully saturated rings. The Morgan fingerprint density at radius 3 is 2.54 bits per heavy atom. The largest absolute Gasteiger partial charge is 0.0625 e. The van der Waals surface area contributed by atoms with Crippen molar-refractivity contribution >= 4 is 0 Å². The maximum Gasteiger partial charge on any atom is -0.0159 e. The smallest absolute Gasteiger partial charge is 0.0159 e. The molecule has 1 saturated carbocycles. The number of rotatable bonds is 3. The van der Waals surface area contributed by atoms with Gasteiger partial charge in [-0.2, -0.15) is 0 Å². The second-order valence-corrected chi connectivity index (χ2v) is 4.57. The van der Waals surface area contributed by atoms with Crippen LogP contribution in [-0.2, 0) is 6.42 Å². The van der Waals surface area contributed by atoms with Gasteiger partial charge in [-0.3, -0.25) is 0 Å². The Morgan fingerprint density at radius 2 is 1.92 bits per heavy atom. The Bertz CT molecular complexity index is 282. The van der Waals surface area contributed by atoms with E-state index in [0.717, 1.165) is 11.8 Å². The van der Waals surface area contributed by atoms with Gasteiger partial charge in [0.1, 0.15) is 0 Å². The molecule has 0 spiro atoms. The van der Waals surface area contributed by atoms with Gasteiger partial charge in [0, 0.05) is 0 Å². The Kier molecular flexibility index (Phi) is 2.39. The van der Waals surface area contributed by atoms with Crippen molar-refractivity contribution in [1.29, 1.82) is 0 Å². The van der Waals surface area contributed by atoms with Crippen molar-refractivity contribution in [1.82, 2.24) is 0 Å². The Balaban J connectivity index is 2.21. The predicted octanol–water partition coefficient (Wildman–Crippen LogP) is 3.76. The van der Waals surface area contributed by atoms with E-state index in [2.05, 4.69) is 38.1 Å². The zero-order chi connectivity index (χ0) is 9.26. The highest BCUT2D eigenvalue weighted by molar-refractivity contribution is 5.33. The Hall–Kier alpha value is -0.780. The van der Waals surface area contributed by atoms with E-state index in [0.29, 0.717) is 0 Å². The quantitative estimate of drug-likeness (QED) is 0.654.